The fraction of sp³-hybridized carbons (Fsp3) is 0.368. The van der Waals surface area contributed by atoms with Gasteiger partial charge in [0.1, 0.15) is 5.82 Å². The number of benzene rings is 1. The molecule has 8 nitrogen and oxygen atoms in total. The SMILES string of the molecule is Cc1ccccc1-n1nccc1NC(=O)c1nnn(C2CCNCC2)c1C. The molecule has 1 fully saturated rings. The molecular formula is C19H23N7O. The molecule has 0 saturated carbocycles. The first-order valence-corrected chi connectivity index (χ1v) is 9.19. The maximum atomic E-state index is 12.8. The number of hydrogen-bond donors (Lipinski definition) is 2. The van der Waals surface area contributed by atoms with Crippen molar-refractivity contribution in [3.63, 3.8) is 0 Å². The molecule has 2 aromatic heterocycles. The molecule has 27 heavy (non-hydrogen) atoms. The van der Waals surface area contributed by atoms with E-state index in [1.165, 1.54) is 0 Å². The number of aryl methyl sites for hydroxylation is 1. The van der Waals surface area contributed by atoms with Gasteiger partial charge in [0.05, 0.1) is 23.6 Å². The summed E-state index contributed by atoms with van der Waals surface area (Å²) in [6.07, 6.45) is 3.65. The Morgan fingerprint density at radius 2 is 1.96 bits per heavy atom. The first-order valence-electron chi connectivity index (χ1n) is 9.19. The van der Waals surface area contributed by atoms with Crippen LogP contribution in [0.3, 0.4) is 0 Å². The molecule has 1 amide bonds. The molecule has 1 aromatic carbocycles. The highest BCUT2D eigenvalue weighted by Crippen LogP contribution is 2.22. The molecule has 140 valence electrons. The van der Waals surface area contributed by atoms with E-state index in [-0.39, 0.29) is 11.9 Å². The number of anilines is 1. The van der Waals surface area contributed by atoms with Crippen molar-refractivity contribution < 1.29 is 4.79 Å². The molecule has 0 spiro atoms. The van der Waals surface area contributed by atoms with Crippen LogP contribution in [0.25, 0.3) is 5.69 Å². The van der Waals surface area contributed by atoms with Gasteiger partial charge in [-0.05, 0) is 51.4 Å². The Kier molecular flexibility index (Phi) is 4.72. The third kappa shape index (κ3) is 3.35. The Morgan fingerprint density at radius 1 is 1.19 bits per heavy atom. The Morgan fingerprint density at radius 3 is 2.74 bits per heavy atom. The van der Waals surface area contributed by atoms with Crippen LogP contribution in [-0.2, 0) is 0 Å². The second-order valence-corrected chi connectivity index (χ2v) is 6.82. The lowest BCUT2D eigenvalue weighted by Gasteiger charge is -2.23. The molecule has 4 rings (SSSR count). The van der Waals surface area contributed by atoms with Gasteiger partial charge in [-0.2, -0.15) is 5.10 Å². The standard InChI is InChI=1S/C19H23N7O/c1-13-5-3-4-6-16(13)26-17(9-12-21-26)22-19(27)18-14(2)25(24-23-18)15-7-10-20-11-8-15/h3-6,9,12,15,20H,7-8,10-11H2,1-2H3,(H,22,27). The van der Waals surface area contributed by atoms with Crippen LogP contribution in [0.4, 0.5) is 5.82 Å². The van der Waals surface area contributed by atoms with Gasteiger partial charge in [-0.1, -0.05) is 23.4 Å². The number of aromatic nitrogens is 5. The van der Waals surface area contributed by atoms with Crippen molar-refractivity contribution in [2.45, 2.75) is 32.7 Å². The van der Waals surface area contributed by atoms with E-state index in [9.17, 15) is 4.79 Å². The zero-order chi connectivity index (χ0) is 18.8. The Labute approximate surface area is 157 Å². The highest BCUT2D eigenvalue weighted by Gasteiger charge is 2.23. The van der Waals surface area contributed by atoms with Gasteiger partial charge in [0, 0.05) is 6.07 Å². The van der Waals surface area contributed by atoms with Crippen LogP contribution < -0.4 is 10.6 Å². The predicted octanol–water partition coefficient (Wildman–Crippen LogP) is 2.26. The lowest BCUT2D eigenvalue weighted by Crippen LogP contribution is -2.30. The van der Waals surface area contributed by atoms with Gasteiger partial charge < -0.3 is 10.6 Å². The molecule has 2 N–H and O–H groups in total. The largest absolute Gasteiger partial charge is 0.317 e. The van der Waals surface area contributed by atoms with E-state index >= 15 is 0 Å². The number of rotatable bonds is 4. The van der Waals surface area contributed by atoms with E-state index in [2.05, 4.69) is 26.0 Å². The van der Waals surface area contributed by atoms with Gasteiger partial charge >= 0.3 is 0 Å². The molecule has 0 bridgehead atoms. The molecule has 0 atom stereocenters. The van der Waals surface area contributed by atoms with Crippen LogP contribution in [0.5, 0.6) is 0 Å². The van der Waals surface area contributed by atoms with Crippen molar-refractivity contribution in [1.82, 2.24) is 30.1 Å². The number of piperidine rings is 1. The predicted molar refractivity (Wildman–Crippen MR) is 102 cm³/mol. The van der Waals surface area contributed by atoms with Gasteiger partial charge in [-0.15, -0.1) is 5.10 Å². The third-order valence-corrected chi connectivity index (χ3v) is 5.03. The van der Waals surface area contributed by atoms with E-state index in [0.29, 0.717) is 11.5 Å². The number of carbonyl (C=O) groups is 1. The van der Waals surface area contributed by atoms with Crippen molar-refractivity contribution in [3.05, 3.63) is 53.5 Å². The van der Waals surface area contributed by atoms with Crippen molar-refractivity contribution in [2.75, 3.05) is 18.4 Å². The number of nitrogens with zero attached hydrogens (tertiary/aromatic N) is 5. The average Bonchev–Trinajstić information content (AvgIpc) is 3.29. The molecule has 0 radical (unpaired) electrons. The monoisotopic (exact) mass is 365 g/mol. The quantitative estimate of drug-likeness (QED) is 0.740. The number of hydrogen-bond acceptors (Lipinski definition) is 5. The lowest BCUT2D eigenvalue weighted by atomic mass is 10.1. The molecular weight excluding hydrogens is 342 g/mol. The minimum absolute atomic E-state index is 0.275. The second-order valence-electron chi connectivity index (χ2n) is 6.82. The summed E-state index contributed by atoms with van der Waals surface area (Å²) in [4.78, 5) is 12.8. The van der Waals surface area contributed by atoms with Gasteiger partial charge in [0.25, 0.3) is 5.91 Å². The average molecular weight is 365 g/mol. The number of amides is 1. The first kappa shape index (κ1) is 17.4. The fourth-order valence-electron chi connectivity index (χ4n) is 3.52. The maximum Gasteiger partial charge on any atom is 0.279 e. The van der Waals surface area contributed by atoms with Gasteiger partial charge in [-0.25, -0.2) is 9.36 Å². The van der Waals surface area contributed by atoms with Crippen LogP contribution in [0, 0.1) is 13.8 Å². The van der Waals surface area contributed by atoms with Gasteiger partial charge in [0.2, 0.25) is 0 Å². The summed E-state index contributed by atoms with van der Waals surface area (Å²) in [6.45, 7) is 5.83. The number of carbonyl (C=O) groups excluding carboxylic acids is 1. The molecule has 8 heteroatoms. The minimum atomic E-state index is -0.275. The lowest BCUT2D eigenvalue weighted by molar-refractivity contribution is 0.102. The van der Waals surface area contributed by atoms with Crippen LogP contribution in [0.15, 0.2) is 36.5 Å². The molecule has 0 unspecified atom stereocenters. The van der Waals surface area contributed by atoms with Crippen molar-refractivity contribution >= 4 is 11.7 Å². The van der Waals surface area contributed by atoms with E-state index in [1.807, 2.05) is 42.8 Å². The fourth-order valence-corrected chi connectivity index (χ4v) is 3.52. The van der Waals surface area contributed by atoms with Crippen molar-refractivity contribution in [2.24, 2.45) is 0 Å². The number of para-hydroxylation sites is 1. The Bertz CT molecular complexity index is 953. The summed E-state index contributed by atoms with van der Waals surface area (Å²) in [5, 5.41) is 19.0. The molecule has 1 saturated heterocycles. The molecule has 1 aliphatic rings. The minimum Gasteiger partial charge on any atom is -0.317 e. The summed E-state index contributed by atoms with van der Waals surface area (Å²) in [6, 6.07) is 9.97. The summed E-state index contributed by atoms with van der Waals surface area (Å²) in [5.41, 5.74) is 3.14. The number of nitrogens with one attached hydrogen (secondary N) is 2. The van der Waals surface area contributed by atoms with Crippen LogP contribution in [-0.4, -0.2) is 43.8 Å². The van der Waals surface area contributed by atoms with Crippen LogP contribution in [0.2, 0.25) is 0 Å². The highest BCUT2D eigenvalue weighted by atomic mass is 16.2. The smallest absolute Gasteiger partial charge is 0.279 e. The van der Waals surface area contributed by atoms with E-state index < -0.39 is 0 Å². The summed E-state index contributed by atoms with van der Waals surface area (Å²) in [5.74, 6) is 0.327. The summed E-state index contributed by atoms with van der Waals surface area (Å²) in [7, 11) is 0. The van der Waals surface area contributed by atoms with Crippen LogP contribution in [0.1, 0.15) is 40.6 Å². The van der Waals surface area contributed by atoms with Crippen molar-refractivity contribution in [3.8, 4) is 5.69 Å². The normalized spacial score (nSPS) is 15.0. The zero-order valence-corrected chi connectivity index (χ0v) is 15.5. The maximum absolute atomic E-state index is 12.8. The van der Waals surface area contributed by atoms with Crippen molar-refractivity contribution in [1.29, 1.82) is 0 Å². The Balaban J connectivity index is 1.57. The molecule has 3 heterocycles. The van der Waals surface area contributed by atoms with E-state index in [4.69, 9.17) is 0 Å². The summed E-state index contributed by atoms with van der Waals surface area (Å²) < 4.78 is 3.61. The Hall–Kier alpha value is -3.00. The second kappa shape index (κ2) is 7.32. The molecule has 1 aliphatic heterocycles. The van der Waals surface area contributed by atoms with Gasteiger partial charge in [-0.3, -0.25) is 4.79 Å². The molecule has 0 aliphatic carbocycles. The first-order chi connectivity index (χ1) is 13.1. The topological polar surface area (TPSA) is 89.7 Å². The molecule has 3 aromatic rings. The van der Waals surface area contributed by atoms with Gasteiger partial charge in [0.15, 0.2) is 5.69 Å². The van der Waals surface area contributed by atoms with E-state index in [0.717, 1.165) is 42.9 Å². The van der Waals surface area contributed by atoms with Crippen LogP contribution >= 0.6 is 0 Å². The summed E-state index contributed by atoms with van der Waals surface area (Å²) >= 11 is 0. The highest BCUT2D eigenvalue weighted by molar-refractivity contribution is 6.03. The van der Waals surface area contributed by atoms with E-state index in [1.54, 1.807) is 16.9 Å². The third-order valence-electron chi connectivity index (χ3n) is 5.03. The zero-order valence-electron chi connectivity index (χ0n) is 15.5.